The summed E-state index contributed by atoms with van der Waals surface area (Å²) in [5.41, 5.74) is 2.68. The average Bonchev–Trinajstić information content (AvgIpc) is 2.78. The lowest BCUT2D eigenvalue weighted by Crippen LogP contribution is -2.40. The van der Waals surface area contributed by atoms with Gasteiger partial charge in [-0.15, -0.1) is 0 Å². The van der Waals surface area contributed by atoms with Crippen LogP contribution in [0.25, 0.3) is 0 Å². The SMILES string of the molecule is CCOc1ccc(N(CC(=O)NCc2ccccc2CN2CCCCC2)S(C)(=O)=O)cc1. The van der Waals surface area contributed by atoms with Crippen LogP contribution in [-0.2, 0) is 27.9 Å². The lowest BCUT2D eigenvalue weighted by atomic mass is 10.0. The van der Waals surface area contributed by atoms with Crippen LogP contribution in [0.15, 0.2) is 48.5 Å². The quantitative estimate of drug-likeness (QED) is 0.591. The Morgan fingerprint density at radius 3 is 2.31 bits per heavy atom. The number of carbonyl (C=O) groups excluding carboxylic acids is 1. The number of sulfonamides is 1. The van der Waals surface area contributed by atoms with E-state index in [4.69, 9.17) is 4.74 Å². The van der Waals surface area contributed by atoms with Gasteiger partial charge in [0.1, 0.15) is 12.3 Å². The highest BCUT2D eigenvalue weighted by Crippen LogP contribution is 2.22. The van der Waals surface area contributed by atoms with Crippen LogP contribution in [-0.4, -0.2) is 51.7 Å². The number of hydrogen-bond donors (Lipinski definition) is 1. The Labute approximate surface area is 191 Å². The summed E-state index contributed by atoms with van der Waals surface area (Å²) in [5, 5.41) is 2.89. The van der Waals surface area contributed by atoms with Gasteiger partial charge < -0.3 is 10.1 Å². The topological polar surface area (TPSA) is 79.0 Å². The molecule has 0 atom stereocenters. The van der Waals surface area contributed by atoms with E-state index in [0.29, 0.717) is 24.6 Å². The molecule has 0 radical (unpaired) electrons. The first-order valence-corrected chi connectivity index (χ1v) is 13.0. The Morgan fingerprint density at radius 1 is 1.03 bits per heavy atom. The van der Waals surface area contributed by atoms with Gasteiger partial charge >= 0.3 is 0 Å². The maximum atomic E-state index is 12.7. The van der Waals surface area contributed by atoms with Crippen LogP contribution in [0.2, 0.25) is 0 Å². The van der Waals surface area contributed by atoms with Crippen molar-refractivity contribution >= 4 is 21.6 Å². The zero-order valence-electron chi connectivity index (χ0n) is 18.9. The molecule has 1 N–H and O–H groups in total. The number of nitrogens with zero attached hydrogens (tertiary/aromatic N) is 2. The number of hydrogen-bond acceptors (Lipinski definition) is 5. The molecule has 174 valence electrons. The Balaban J connectivity index is 1.63. The van der Waals surface area contributed by atoms with Crippen molar-refractivity contribution in [3.63, 3.8) is 0 Å². The predicted molar refractivity (Wildman–Crippen MR) is 127 cm³/mol. The van der Waals surface area contributed by atoms with Crippen LogP contribution < -0.4 is 14.4 Å². The van der Waals surface area contributed by atoms with Crippen molar-refractivity contribution in [2.24, 2.45) is 0 Å². The number of amides is 1. The molecule has 0 saturated carbocycles. The van der Waals surface area contributed by atoms with Gasteiger partial charge in [-0.3, -0.25) is 14.0 Å². The van der Waals surface area contributed by atoms with Crippen molar-refractivity contribution in [3.05, 3.63) is 59.7 Å². The molecular formula is C24H33N3O4S. The number of carbonyl (C=O) groups is 1. The van der Waals surface area contributed by atoms with E-state index in [2.05, 4.69) is 16.3 Å². The zero-order chi connectivity index (χ0) is 23.0. The summed E-state index contributed by atoms with van der Waals surface area (Å²) < 4.78 is 31.2. The van der Waals surface area contributed by atoms with Gasteiger partial charge in [0, 0.05) is 13.1 Å². The van der Waals surface area contributed by atoms with Crippen molar-refractivity contribution in [2.75, 3.05) is 36.8 Å². The molecular weight excluding hydrogens is 426 g/mol. The van der Waals surface area contributed by atoms with Crippen LogP contribution in [0, 0.1) is 0 Å². The third kappa shape index (κ3) is 6.97. The predicted octanol–water partition coefficient (Wildman–Crippen LogP) is 3.15. The maximum absolute atomic E-state index is 12.7. The molecule has 1 saturated heterocycles. The van der Waals surface area contributed by atoms with E-state index in [-0.39, 0.29) is 12.5 Å². The summed E-state index contributed by atoms with van der Waals surface area (Å²) in [4.78, 5) is 15.1. The van der Waals surface area contributed by atoms with E-state index < -0.39 is 10.0 Å². The molecule has 1 amide bonds. The van der Waals surface area contributed by atoms with Gasteiger partial charge in [0.05, 0.1) is 18.6 Å². The number of nitrogens with one attached hydrogen (secondary N) is 1. The highest BCUT2D eigenvalue weighted by Gasteiger charge is 2.21. The zero-order valence-corrected chi connectivity index (χ0v) is 19.7. The molecule has 7 nitrogen and oxygen atoms in total. The molecule has 0 aromatic heterocycles. The lowest BCUT2D eigenvalue weighted by Gasteiger charge is -2.27. The van der Waals surface area contributed by atoms with E-state index in [1.165, 1.54) is 24.8 Å². The molecule has 2 aromatic rings. The number of piperidine rings is 1. The number of likely N-dealkylation sites (tertiary alicyclic amines) is 1. The van der Waals surface area contributed by atoms with Gasteiger partial charge in [0.25, 0.3) is 0 Å². The summed E-state index contributed by atoms with van der Waals surface area (Å²) in [7, 11) is -3.62. The van der Waals surface area contributed by atoms with E-state index >= 15 is 0 Å². The first kappa shape index (κ1) is 24.1. The second-order valence-corrected chi connectivity index (χ2v) is 9.99. The fraction of sp³-hybridized carbons (Fsp3) is 0.458. The second kappa shape index (κ2) is 11.3. The standard InChI is InChI=1S/C24H33N3O4S/c1-3-31-23-13-11-22(12-14-23)27(32(2,29)30)19-24(28)25-17-20-9-5-6-10-21(20)18-26-15-7-4-8-16-26/h5-6,9-14H,3-4,7-8,15-19H2,1-2H3,(H,25,28). The maximum Gasteiger partial charge on any atom is 0.241 e. The highest BCUT2D eigenvalue weighted by molar-refractivity contribution is 7.92. The largest absolute Gasteiger partial charge is 0.494 e. The summed E-state index contributed by atoms with van der Waals surface area (Å²) in [5.74, 6) is 0.302. The summed E-state index contributed by atoms with van der Waals surface area (Å²) >= 11 is 0. The normalized spacial score (nSPS) is 14.7. The first-order chi connectivity index (χ1) is 15.4. The smallest absolute Gasteiger partial charge is 0.241 e. The molecule has 3 rings (SSSR count). The molecule has 1 aliphatic rings. The van der Waals surface area contributed by atoms with E-state index in [1.807, 2.05) is 25.1 Å². The minimum atomic E-state index is -3.62. The lowest BCUT2D eigenvalue weighted by molar-refractivity contribution is -0.119. The Bertz CT molecular complexity index is 987. The van der Waals surface area contributed by atoms with Crippen LogP contribution in [0.5, 0.6) is 5.75 Å². The molecule has 0 aliphatic carbocycles. The van der Waals surface area contributed by atoms with Gasteiger partial charge in [0.2, 0.25) is 15.9 Å². The average molecular weight is 460 g/mol. The van der Waals surface area contributed by atoms with Crippen molar-refractivity contribution in [2.45, 2.75) is 39.3 Å². The third-order valence-corrected chi connectivity index (χ3v) is 6.70. The second-order valence-electron chi connectivity index (χ2n) is 8.08. The monoisotopic (exact) mass is 459 g/mol. The number of ether oxygens (including phenoxy) is 1. The number of rotatable bonds is 10. The summed E-state index contributed by atoms with van der Waals surface area (Å²) in [6.07, 6.45) is 4.85. The first-order valence-electron chi connectivity index (χ1n) is 11.1. The van der Waals surface area contributed by atoms with Crippen molar-refractivity contribution < 1.29 is 17.9 Å². The molecule has 1 aliphatic heterocycles. The molecule has 32 heavy (non-hydrogen) atoms. The van der Waals surface area contributed by atoms with E-state index in [0.717, 1.165) is 35.8 Å². The highest BCUT2D eigenvalue weighted by atomic mass is 32.2. The molecule has 0 unspecified atom stereocenters. The van der Waals surface area contributed by atoms with Crippen LogP contribution in [0.1, 0.15) is 37.3 Å². The molecule has 1 fully saturated rings. The van der Waals surface area contributed by atoms with Gasteiger partial charge in [-0.05, 0) is 68.2 Å². The van der Waals surface area contributed by atoms with E-state index in [1.54, 1.807) is 24.3 Å². The summed E-state index contributed by atoms with van der Waals surface area (Å²) in [6.45, 7) is 5.57. The summed E-state index contributed by atoms with van der Waals surface area (Å²) in [6, 6.07) is 14.8. The van der Waals surface area contributed by atoms with Crippen molar-refractivity contribution in [1.82, 2.24) is 10.2 Å². The van der Waals surface area contributed by atoms with Crippen molar-refractivity contribution in [3.8, 4) is 5.75 Å². The van der Waals surface area contributed by atoms with Gasteiger partial charge in [-0.25, -0.2) is 8.42 Å². The molecule has 2 aromatic carbocycles. The minimum Gasteiger partial charge on any atom is -0.494 e. The Hall–Kier alpha value is -2.58. The Morgan fingerprint density at radius 2 is 1.69 bits per heavy atom. The number of benzene rings is 2. The van der Waals surface area contributed by atoms with Crippen LogP contribution >= 0.6 is 0 Å². The molecule has 1 heterocycles. The Kier molecular flexibility index (Phi) is 8.53. The van der Waals surface area contributed by atoms with Gasteiger partial charge in [0.15, 0.2) is 0 Å². The van der Waals surface area contributed by atoms with Crippen molar-refractivity contribution in [1.29, 1.82) is 0 Å². The van der Waals surface area contributed by atoms with Gasteiger partial charge in [-0.1, -0.05) is 30.7 Å². The fourth-order valence-electron chi connectivity index (χ4n) is 3.90. The van der Waals surface area contributed by atoms with Gasteiger partial charge in [-0.2, -0.15) is 0 Å². The van der Waals surface area contributed by atoms with Crippen LogP contribution in [0.3, 0.4) is 0 Å². The minimum absolute atomic E-state index is 0.277. The van der Waals surface area contributed by atoms with E-state index in [9.17, 15) is 13.2 Å². The van der Waals surface area contributed by atoms with Crippen LogP contribution in [0.4, 0.5) is 5.69 Å². The molecule has 0 bridgehead atoms. The third-order valence-electron chi connectivity index (χ3n) is 5.56. The molecule has 0 spiro atoms. The molecule has 8 heteroatoms. The fourth-order valence-corrected chi connectivity index (χ4v) is 4.75. The number of anilines is 1.